The van der Waals surface area contributed by atoms with Crippen molar-refractivity contribution in [1.82, 2.24) is 5.32 Å². The van der Waals surface area contributed by atoms with Crippen LogP contribution in [0.1, 0.15) is 34.1 Å². The van der Waals surface area contributed by atoms with Gasteiger partial charge in [-0.3, -0.25) is 4.79 Å². The normalized spacial score (nSPS) is 11.4. The topological polar surface area (TPSA) is 38.3 Å². The van der Waals surface area contributed by atoms with Crippen molar-refractivity contribution in [2.45, 2.75) is 34.1 Å². The minimum Gasteiger partial charge on any atom is -0.465 e. The lowest BCUT2D eigenvalue weighted by molar-refractivity contribution is -0.142. The minimum atomic E-state index is -0.170. The van der Waals surface area contributed by atoms with E-state index in [1.807, 2.05) is 6.92 Å². The lowest BCUT2D eigenvalue weighted by atomic mass is 9.92. The molecule has 3 heteroatoms. The quantitative estimate of drug-likeness (QED) is 0.524. The van der Waals surface area contributed by atoms with E-state index in [0.717, 1.165) is 13.0 Å². The van der Waals surface area contributed by atoms with Gasteiger partial charge in [0.15, 0.2) is 0 Å². The number of esters is 1. The summed E-state index contributed by atoms with van der Waals surface area (Å²) >= 11 is 0. The lowest BCUT2D eigenvalue weighted by Crippen LogP contribution is -2.27. The summed E-state index contributed by atoms with van der Waals surface area (Å²) in [5.41, 5.74) is 0.321. The highest BCUT2D eigenvalue weighted by atomic mass is 16.5. The maximum atomic E-state index is 10.9. The van der Waals surface area contributed by atoms with Crippen LogP contribution in [0.2, 0.25) is 0 Å². The van der Waals surface area contributed by atoms with Crippen molar-refractivity contribution in [2.75, 3.05) is 19.7 Å². The fourth-order valence-corrected chi connectivity index (χ4v) is 0.866. The van der Waals surface area contributed by atoms with Crippen molar-refractivity contribution in [3.8, 4) is 0 Å². The molecule has 0 aromatic heterocycles. The third-order valence-corrected chi connectivity index (χ3v) is 1.63. The molecule has 1 N–H and O–H groups in total. The Labute approximate surface area is 80.8 Å². The van der Waals surface area contributed by atoms with Crippen LogP contribution in [-0.4, -0.2) is 25.7 Å². The predicted octanol–water partition coefficient (Wildman–Crippen LogP) is 1.58. The SMILES string of the molecule is CCOC(=O)CNCCC(C)(C)C. The van der Waals surface area contributed by atoms with Crippen LogP contribution in [-0.2, 0) is 9.53 Å². The fourth-order valence-electron chi connectivity index (χ4n) is 0.866. The number of rotatable bonds is 5. The first-order valence-corrected chi connectivity index (χ1v) is 4.82. The Bertz CT molecular complexity index is 149. The molecular formula is C10H21NO2. The predicted molar refractivity (Wildman–Crippen MR) is 53.6 cm³/mol. The zero-order chi connectivity index (χ0) is 10.3. The van der Waals surface area contributed by atoms with E-state index in [9.17, 15) is 4.79 Å². The summed E-state index contributed by atoms with van der Waals surface area (Å²) in [5.74, 6) is -0.170. The van der Waals surface area contributed by atoms with Gasteiger partial charge in [-0.2, -0.15) is 0 Å². The van der Waals surface area contributed by atoms with Gasteiger partial charge in [0.05, 0.1) is 13.2 Å². The molecule has 78 valence electrons. The van der Waals surface area contributed by atoms with Crippen LogP contribution in [0.15, 0.2) is 0 Å². The van der Waals surface area contributed by atoms with Crippen molar-refractivity contribution >= 4 is 5.97 Å². The number of hydrogen-bond acceptors (Lipinski definition) is 3. The maximum Gasteiger partial charge on any atom is 0.319 e. The number of hydrogen-bond donors (Lipinski definition) is 1. The lowest BCUT2D eigenvalue weighted by Gasteiger charge is -2.17. The molecular weight excluding hydrogens is 166 g/mol. The third-order valence-electron chi connectivity index (χ3n) is 1.63. The van der Waals surface area contributed by atoms with Gasteiger partial charge in [-0.1, -0.05) is 20.8 Å². The van der Waals surface area contributed by atoms with E-state index in [1.165, 1.54) is 0 Å². The Morgan fingerprint density at radius 2 is 2.00 bits per heavy atom. The van der Waals surface area contributed by atoms with Crippen molar-refractivity contribution in [3.05, 3.63) is 0 Å². The van der Waals surface area contributed by atoms with E-state index in [2.05, 4.69) is 26.1 Å². The molecule has 0 aromatic rings. The van der Waals surface area contributed by atoms with Crippen LogP contribution in [0.25, 0.3) is 0 Å². The largest absolute Gasteiger partial charge is 0.465 e. The summed E-state index contributed by atoms with van der Waals surface area (Å²) in [6.07, 6.45) is 1.06. The molecule has 0 unspecified atom stereocenters. The first kappa shape index (κ1) is 12.4. The average molecular weight is 187 g/mol. The van der Waals surface area contributed by atoms with E-state index >= 15 is 0 Å². The molecule has 0 amide bonds. The van der Waals surface area contributed by atoms with Crippen LogP contribution < -0.4 is 5.32 Å². The van der Waals surface area contributed by atoms with Crippen molar-refractivity contribution in [3.63, 3.8) is 0 Å². The fraction of sp³-hybridized carbons (Fsp3) is 0.900. The van der Waals surface area contributed by atoms with Gasteiger partial charge in [-0.05, 0) is 25.3 Å². The van der Waals surface area contributed by atoms with Crippen LogP contribution in [0, 0.1) is 5.41 Å². The van der Waals surface area contributed by atoms with Gasteiger partial charge in [0, 0.05) is 0 Å². The molecule has 0 heterocycles. The number of carbonyl (C=O) groups is 1. The Hall–Kier alpha value is -0.570. The molecule has 0 aromatic carbocycles. The van der Waals surface area contributed by atoms with E-state index in [4.69, 9.17) is 4.74 Å². The van der Waals surface area contributed by atoms with Gasteiger partial charge in [-0.15, -0.1) is 0 Å². The molecule has 0 saturated carbocycles. The number of carbonyl (C=O) groups excluding carboxylic acids is 1. The molecule has 0 radical (unpaired) electrons. The molecule has 0 fully saturated rings. The summed E-state index contributed by atoms with van der Waals surface area (Å²) in [6.45, 7) is 10.00. The summed E-state index contributed by atoms with van der Waals surface area (Å²) in [7, 11) is 0. The summed E-state index contributed by atoms with van der Waals surface area (Å²) in [6, 6.07) is 0. The van der Waals surface area contributed by atoms with E-state index in [0.29, 0.717) is 18.6 Å². The monoisotopic (exact) mass is 187 g/mol. The van der Waals surface area contributed by atoms with Gasteiger partial charge < -0.3 is 10.1 Å². The molecule has 0 atom stereocenters. The Kier molecular flexibility index (Phi) is 5.71. The zero-order valence-corrected chi connectivity index (χ0v) is 9.14. The molecule has 0 saturated heterocycles. The molecule has 0 aliphatic carbocycles. The molecule has 0 aliphatic rings. The molecule has 13 heavy (non-hydrogen) atoms. The Morgan fingerprint density at radius 3 is 2.46 bits per heavy atom. The summed E-state index contributed by atoms with van der Waals surface area (Å²) < 4.78 is 4.77. The first-order chi connectivity index (χ1) is 5.95. The number of nitrogens with one attached hydrogen (secondary N) is 1. The van der Waals surface area contributed by atoms with Crippen LogP contribution in [0.3, 0.4) is 0 Å². The molecule has 0 aliphatic heterocycles. The maximum absolute atomic E-state index is 10.9. The Balaban J connectivity index is 3.31. The molecule has 0 bridgehead atoms. The zero-order valence-electron chi connectivity index (χ0n) is 9.14. The van der Waals surface area contributed by atoms with Gasteiger partial charge in [0.25, 0.3) is 0 Å². The average Bonchev–Trinajstić information content (AvgIpc) is 1.97. The third kappa shape index (κ3) is 9.34. The highest BCUT2D eigenvalue weighted by Gasteiger charge is 2.09. The summed E-state index contributed by atoms with van der Waals surface area (Å²) in [4.78, 5) is 10.9. The second kappa shape index (κ2) is 5.97. The highest BCUT2D eigenvalue weighted by molar-refractivity contribution is 5.71. The standard InChI is InChI=1S/C10H21NO2/c1-5-13-9(12)8-11-7-6-10(2,3)4/h11H,5-8H2,1-4H3. The van der Waals surface area contributed by atoms with E-state index in [1.54, 1.807) is 0 Å². The molecule has 0 spiro atoms. The van der Waals surface area contributed by atoms with E-state index < -0.39 is 0 Å². The van der Waals surface area contributed by atoms with Crippen molar-refractivity contribution < 1.29 is 9.53 Å². The van der Waals surface area contributed by atoms with E-state index in [-0.39, 0.29) is 5.97 Å². The second-order valence-electron chi connectivity index (χ2n) is 4.29. The van der Waals surface area contributed by atoms with Gasteiger partial charge >= 0.3 is 5.97 Å². The second-order valence-corrected chi connectivity index (χ2v) is 4.29. The van der Waals surface area contributed by atoms with Crippen LogP contribution in [0.4, 0.5) is 0 Å². The number of ether oxygens (including phenoxy) is 1. The first-order valence-electron chi connectivity index (χ1n) is 4.82. The minimum absolute atomic E-state index is 0.170. The highest BCUT2D eigenvalue weighted by Crippen LogP contribution is 2.16. The van der Waals surface area contributed by atoms with Gasteiger partial charge in [-0.25, -0.2) is 0 Å². The van der Waals surface area contributed by atoms with Crippen LogP contribution >= 0.6 is 0 Å². The van der Waals surface area contributed by atoms with Crippen molar-refractivity contribution in [2.24, 2.45) is 5.41 Å². The summed E-state index contributed by atoms with van der Waals surface area (Å²) in [5, 5.41) is 3.05. The molecule has 3 nitrogen and oxygen atoms in total. The van der Waals surface area contributed by atoms with Gasteiger partial charge in [0.1, 0.15) is 0 Å². The van der Waals surface area contributed by atoms with Crippen molar-refractivity contribution in [1.29, 1.82) is 0 Å². The smallest absolute Gasteiger partial charge is 0.319 e. The Morgan fingerprint density at radius 1 is 1.38 bits per heavy atom. The molecule has 0 rings (SSSR count). The van der Waals surface area contributed by atoms with Gasteiger partial charge in [0.2, 0.25) is 0 Å². The van der Waals surface area contributed by atoms with Crippen LogP contribution in [0.5, 0.6) is 0 Å².